The van der Waals surface area contributed by atoms with E-state index in [1.807, 2.05) is 18.2 Å². The number of para-hydroxylation sites is 1. The zero-order chi connectivity index (χ0) is 22.4. The Morgan fingerprint density at radius 2 is 1.74 bits per heavy atom. The predicted octanol–water partition coefficient (Wildman–Crippen LogP) is 1.24. The predicted molar refractivity (Wildman–Crippen MR) is 114 cm³/mol. The number of carbonyl (C=O) groups is 1. The molecule has 0 aliphatic carbocycles. The molecular weight excluding hydrogens is 420 g/mol. The van der Waals surface area contributed by atoms with Gasteiger partial charge in [0, 0.05) is 19.7 Å². The maximum absolute atomic E-state index is 12.8. The van der Waals surface area contributed by atoms with Gasteiger partial charge in [0.05, 0.1) is 11.4 Å². The standard InChI is InChI=1S/C21H22N4O5S/c1-24(15-16-7-5-6-10-19(16)31(22,28)29)21(27)18-11-12-20(26)25(23-18)13-14-30-17-8-3-2-4-9-17/h2-12H,13-15H2,1H3,(H2,22,28,29). The summed E-state index contributed by atoms with van der Waals surface area (Å²) in [7, 11) is -2.42. The molecule has 0 saturated heterocycles. The van der Waals surface area contributed by atoms with Crippen molar-refractivity contribution in [1.82, 2.24) is 14.7 Å². The summed E-state index contributed by atoms with van der Waals surface area (Å²) in [5, 5.41) is 9.38. The molecule has 9 nitrogen and oxygen atoms in total. The molecule has 0 aliphatic heterocycles. The molecule has 2 N–H and O–H groups in total. The van der Waals surface area contributed by atoms with Crippen LogP contribution in [0.5, 0.6) is 5.75 Å². The summed E-state index contributed by atoms with van der Waals surface area (Å²) in [6, 6.07) is 17.9. The topological polar surface area (TPSA) is 125 Å². The highest BCUT2D eigenvalue weighted by Crippen LogP contribution is 2.16. The van der Waals surface area contributed by atoms with Crippen molar-refractivity contribution in [2.45, 2.75) is 18.0 Å². The maximum Gasteiger partial charge on any atom is 0.274 e. The average Bonchev–Trinajstić information content (AvgIpc) is 2.75. The molecule has 0 fully saturated rings. The van der Waals surface area contributed by atoms with Gasteiger partial charge < -0.3 is 9.64 Å². The van der Waals surface area contributed by atoms with Gasteiger partial charge in [-0.15, -0.1) is 0 Å². The van der Waals surface area contributed by atoms with Gasteiger partial charge in [0.15, 0.2) is 0 Å². The quantitative estimate of drug-likeness (QED) is 0.560. The molecule has 0 spiro atoms. The molecule has 0 bridgehead atoms. The number of primary sulfonamides is 1. The Morgan fingerprint density at radius 3 is 2.45 bits per heavy atom. The molecule has 162 valence electrons. The minimum absolute atomic E-state index is 0.00333. The monoisotopic (exact) mass is 442 g/mol. The highest BCUT2D eigenvalue weighted by Gasteiger charge is 2.19. The first-order valence-electron chi connectivity index (χ1n) is 9.38. The van der Waals surface area contributed by atoms with Crippen LogP contribution in [0.4, 0.5) is 0 Å². The summed E-state index contributed by atoms with van der Waals surface area (Å²) in [6.45, 7) is 0.363. The van der Waals surface area contributed by atoms with E-state index < -0.39 is 15.9 Å². The SMILES string of the molecule is CN(Cc1ccccc1S(N)(=O)=O)C(=O)c1ccc(=O)n(CCOc2ccccc2)n1. The molecule has 0 saturated carbocycles. The van der Waals surface area contributed by atoms with Crippen LogP contribution in [-0.4, -0.2) is 42.7 Å². The second-order valence-corrected chi connectivity index (χ2v) is 8.29. The average molecular weight is 442 g/mol. The second kappa shape index (κ2) is 9.54. The number of ether oxygens (including phenoxy) is 1. The van der Waals surface area contributed by atoms with E-state index in [2.05, 4.69) is 5.10 Å². The number of amides is 1. The molecule has 1 amide bonds. The Morgan fingerprint density at radius 1 is 1.06 bits per heavy atom. The highest BCUT2D eigenvalue weighted by atomic mass is 32.2. The van der Waals surface area contributed by atoms with Crippen molar-refractivity contribution >= 4 is 15.9 Å². The van der Waals surface area contributed by atoms with E-state index in [0.29, 0.717) is 11.3 Å². The van der Waals surface area contributed by atoms with Gasteiger partial charge in [0.25, 0.3) is 11.5 Å². The van der Waals surface area contributed by atoms with Crippen LogP contribution in [0.25, 0.3) is 0 Å². The Balaban J connectivity index is 1.72. The number of rotatable bonds is 8. The smallest absolute Gasteiger partial charge is 0.274 e. The fraction of sp³-hybridized carbons (Fsp3) is 0.190. The van der Waals surface area contributed by atoms with Gasteiger partial charge in [-0.2, -0.15) is 5.10 Å². The highest BCUT2D eigenvalue weighted by molar-refractivity contribution is 7.89. The van der Waals surface area contributed by atoms with Gasteiger partial charge >= 0.3 is 0 Å². The van der Waals surface area contributed by atoms with Gasteiger partial charge in [0.1, 0.15) is 18.1 Å². The molecule has 0 aliphatic rings. The van der Waals surface area contributed by atoms with Crippen molar-refractivity contribution in [3.8, 4) is 5.75 Å². The van der Waals surface area contributed by atoms with Gasteiger partial charge in [-0.3, -0.25) is 9.59 Å². The van der Waals surface area contributed by atoms with Crippen LogP contribution >= 0.6 is 0 Å². The van der Waals surface area contributed by atoms with E-state index in [0.717, 1.165) is 4.68 Å². The number of aromatic nitrogens is 2. The van der Waals surface area contributed by atoms with Crippen molar-refractivity contribution in [3.05, 3.63) is 88.3 Å². The number of hydrogen-bond acceptors (Lipinski definition) is 6. The van der Waals surface area contributed by atoms with E-state index in [-0.39, 0.29) is 35.8 Å². The van der Waals surface area contributed by atoms with Crippen molar-refractivity contribution in [3.63, 3.8) is 0 Å². The van der Waals surface area contributed by atoms with Crippen LogP contribution in [0.3, 0.4) is 0 Å². The van der Waals surface area contributed by atoms with Crippen molar-refractivity contribution in [1.29, 1.82) is 0 Å². The van der Waals surface area contributed by atoms with Gasteiger partial charge in [0.2, 0.25) is 10.0 Å². The van der Waals surface area contributed by atoms with Crippen LogP contribution in [0, 0.1) is 0 Å². The fourth-order valence-electron chi connectivity index (χ4n) is 2.92. The summed E-state index contributed by atoms with van der Waals surface area (Å²) < 4.78 is 30.3. The molecule has 0 radical (unpaired) electrons. The van der Waals surface area contributed by atoms with Gasteiger partial charge in [-0.25, -0.2) is 18.2 Å². The molecule has 31 heavy (non-hydrogen) atoms. The van der Waals surface area contributed by atoms with E-state index in [4.69, 9.17) is 9.88 Å². The molecular formula is C21H22N4O5S. The van der Waals surface area contributed by atoms with E-state index in [1.165, 1.54) is 30.1 Å². The molecule has 0 atom stereocenters. The molecule has 1 aromatic heterocycles. The Kier molecular flexibility index (Phi) is 6.83. The molecule has 2 aromatic carbocycles. The van der Waals surface area contributed by atoms with E-state index in [1.54, 1.807) is 30.3 Å². The summed E-state index contributed by atoms with van der Waals surface area (Å²) in [5.74, 6) is 0.193. The van der Waals surface area contributed by atoms with Gasteiger partial charge in [-0.1, -0.05) is 36.4 Å². The lowest BCUT2D eigenvalue weighted by molar-refractivity contribution is 0.0774. The van der Waals surface area contributed by atoms with E-state index in [9.17, 15) is 18.0 Å². The minimum Gasteiger partial charge on any atom is -0.492 e. The van der Waals surface area contributed by atoms with Crippen molar-refractivity contribution in [2.75, 3.05) is 13.7 Å². The summed E-state index contributed by atoms with van der Waals surface area (Å²) >= 11 is 0. The van der Waals surface area contributed by atoms with Crippen LogP contribution in [0.15, 0.2) is 76.4 Å². The summed E-state index contributed by atoms with van der Waals surface area (Å²) in [5.41, 5.74) is 0.0655. The van der Waals surface area contributed by atoms with Gasteiger partial charge in [-0.05, 0) is 29.8 Å². The third-order valence-electron chi connectivity index (χ3n) is 4.43. The zero-order valence-corrected chi connectivity index (χ0v) is 17.7. The zero-order valence-electron chi connectivity index (χ0n) is 16.8. The normalized spacial score (nSPS) is 11.2. The third-order valence-corrected chi connectivity index (χ3v) is 5.45. The number of nitrogens with two attached hydrogens (primary N) is 1. The number of carbonyl (C=O) groups excluding carboxylic acids is 1. The first kappa shape index (κ1) is 22.2. The Bertz CT molecular complexity index is 1230. The fourth-order valence-corrected chi connectivity index (χ4v) is 3.69. The van der Waals surface area contributed by atoms with Crippen LogP contribution in [0.2, 0.25) is 0 Å². The Hall–Kier alpha value is -3.50. The van der Waals surface area contributed by atoms with E-state index >= 15 is 0 Å². The summed E-state index contributed by atoms with van der Waals surface area (Å²) in [4.78, 5) is 26.2. The lowest BCUT2D eigenvalue weighted by Crippen LogP contribution is -2.32. The summed E-state index contributed by atoms with van der Waals surface area (Å²) in [6.07, 6.45) is 0. The largest absolute Gasteiger partial charge is 0.492 e. The number of benzene rings is 2. The lowest BCUT2D eigenvalue weighted by atomic mass is 10.2. The lowest BCUT2D eigenvalue weighted by Gasteiger charge is -2.18. The molecule has 3 rings (SSSR count). The Labute approximate surface area is 179 Å². The third kappa shape index (κ3) is 5.77. The molecule has 10 heteroatoms. The van der Waals surface area contributed by atoms with Crippen LogP contribution < -0.4 is 15.4 Å². The second-order valence-electron chi connectivity index (χ2n) is 6.76. The minimum atomic E-state index is -3.93. The number of hydrogen-bond donors (Lipinski definition) is 1. The first-order chi connectivity index (χ1) is 14.8. The van der Waals surface area contributed by atoms with Crippen molar-refractivity contribution < 1.29 is 17.9 Å². The first-order valence-corrected chi connectivity index (χ1v) is 10.9. The maximum atomic E-state index is 12.8. The molecule has 0 unspecified atom stereocenters. The number of nitrogens with zero attached hydrogens (tertiary/aromatic N) is 3. The van der Waals surface area contributed by atoms with Crippen LogP contribution in [-0.2, 0) is 23.1 Å². The van der Waals surface area contributed by atoms with Crippen LogP contribution in [0.1, 0.15) is 16.1 Å². The molecule has 1 heterocycles. The number of sulfonamides is 1. The van der Waals surface area contributed by atoms with Crippen molar-refractivity contribution in [2.24, 2.45) is 5.14 Å². The molecule has 3 aromatic rings.